The summed E-state index contributed by atoms with van der Waals surface area (Å²) in [6.45, 7) is 9.16. The summed E-state index contributed by atoms with van der Waals surface area (Å²) in [5.74, 6) is 0.887. The molecule has 0 aromatic carbocycles. The van der Waals surface area contributed by atoms with Crippen LogP contribution in [0.1, 0.15) is 47.0 Å². The van der Waals surface area contributed by atoms with Crippen molar-refractivity contribution in [2.75, 3.05) is 0 Å². The minimum Gasteiger partial charge on any atom is -0.132 e. The fourth-order valence-corrected chi connectivity index (χ4v) is 1.90. The van der Waals surface area contributed by atoms with Crippen molar-refractivity contribution in [2.24, 2.45) is 5.92 Å². The van der Waals surface area contributed by atoms with Gasteiger partial charge in [-0.2, -0.15) is 0 Å². The Balaban J connectivity index is 3.47. The Hall–Kier alpha value is 0.430. The van der Waals surface area contributed by atoms with E-state index < -0.39 is 0 Å². The fourth-order valence-electron chi connectivity index (χ4n) is 1.49. The van der Waals surface area contributed by atoms with E-state index in [1.807, 2.05) is 0 Å². The van der Waals surface area contributed by atoms with E-state index in [4.69, 9.17) is 0 Å². The Labute approximate surface area is 68.0 Å². The molecular weight excluding hydrogens is 139 g/mol. The minimum absolute atomic E-state index is 0.439. The number of hydrogen-bond donors (Lipinski definition) is 0. The predicted octanol–water partition coefficient (Wildman–Crippen LogP) is 3.47. The topological polar surface area (TPSA) is 0 Å². The van der Waals surface area contributed by atoms with Crippen LogP contribution in [0.15, 0.2) is 0 Å². The van der Waals surface area contributed by atoms with Crippen LogP contribution in [0.25, 0.3) is 0 Å². The molecule has 0 radical (unpaired) electrons. The number of rotatable bonds is 4. The second-order valence-electron chi connectivity index (χ2n) is 4.09. The lowest BCUT2D eigenvalue weighted by atomic mass is 9.94. The van der Waals surface area contributed by atoms with Gasteiger partial charge in [0.2, 0.25) is 0 Å². The maximum atomic E-state index is 2.91. The van der Waals surface area contributed by atoms with E-state index in [0.29, 0.717) is 5.16 Å². The van der Waals surface area contributed by atoms with Crippen molar-refractivity contribution in [2.45, 2.75) is 52.1 Å². The van der Waals surface area contributed by atoms with Crippen LogP contribution in [0.3, 0.4) is 0 Å². The van der Waals surface area contributed by atoms with Crippen LogP contribution in [-0.4, -0.2) is 5.16 Å². The van der Waals surface area contributed by atoms with Gasteiger partial charge in [-0.05, 0) is 17.5 Å². The molecular formula is C9H21P. The Kier molecular flexibility index (Phi) is 4.52. The maximum Gasteiger partial charge on any atom is -0.0204 e. The summed E-state index contributed by atoms with van der Waals surface area (Å²) >= 11 is 0. The van der Waals surface area contributed by atoms with Crippen LogP contribution in [0.2, 0.25) is 0 Å². The third-order valence-corrected chi connectivity index (χ3v) is 1.89. The highest BCUT2D eigenvalue weighted by Crippen LogP contribution is 2.27. The second kappa shape index (κ2) is 4.34. The van der Waals surface area contributed by atoms with Crippen LogP contribution in [-0.2, 0) is 0 Å². The lowest BCUT2D eigenvalue weighted by molar-refractivity contribution is 0.435. The monoisotopic (exact) mass is 160 g/mol. The van der Waals surface area contributed by atoms with Crippen molar-refractivity contribution in [3.05, 3.63) is 0 Å². The van der Waals surface area contributed by atoms with E-state index in [1.54, 1.807) is 0 Å². The molecule has 0 heterocycles. The summed E-state index contributed by atoms with van der Waals surface area (Å²) in [7, 11) is 2.91. The van der Waals surface area contributed by atoms with Gasteiger partial charge in [-0.3, -0.25) is 0 Å². The summed E-state index contributed by atoms with van der Waals surface area (Å²) in [5, 5.41) is 0.439. The first kappa shape index (κ1) is 10.4. The summed E-state index contributed by atoms with van der Waals surface area (Å²) in [6, 6.07) is 0. The average molecular weight is 160 g/mol. The molecule has 0 bridgehead atoms. The Bertz CT molecular complexity index is 81.2. The molecule has 0 aliphatic heterocycles. The molecule has 10 heavy (non-hydrogen) atoms. The molecule has 0 N–H and O–H groups in total. The Morgan fingerprint density at radius 2 is 1.90 bits per heavy atom. The summed E-state index contributed by atoms with van der Waals surface area (Å²) in [6.07, 6.45) is 4.02. The normalized spacial score (nSPS) is 15.3. The Morgan fingerprint density at radius 1 is 1.40 bits per heavy atom. The van der Waals surface area contributed by atoms with Crippen molar-refractivity contribution in [3.8, 4) is 0 Å². The molecule has 0 aliphatic carbocycles. The quantitative estimate of drug-likeness (QED) is 0.552. The zero-order chi connectivity index (χ0) is 8.20. The van der Waals surface area contributed by atoms with Gasteiger partial charge >= 0.3 is 0 Å². The van der Waals surface area contributed by atoms with Gasteiger partial charge in [0.05, 0.1) is 0 Å². The minimum atomic E-state index is 0.439. The van der Waals surface area contributed by atoms with Gasteiger partial charge in [-0.1, -0.05) is 40.5 Å². The van der Waals surface area contributed by atoms with Crippen molar-refractivity contribution >= 4 is 9.24 Å². The Morgan fingerprint density at radius 3 is 2.20 bits per heavy atom. The maximum absolute atomic E-state index is 2.91. The average Bonchev–Trinajstić information content (AvgIpc) is 1.59. The van der Waals surface area contributed by atoms with Crippen LogP contribution in [0, 0.1) is 5.92 Å². The number of hydrogen-bond acceptors (Lipinski definition) is 0. The molecule has 0 spiro atoms. The summed E-state index contributed by atoms with van der Waals surface area (Å²) < 4.78 is 0. The summed E-state index contributed by atoms with van der Waals surface area (Å²) in [5.41, 5.74) is 0. The fraction of sp³-hybridized carbons (Fsp3) is 1.00. The molecule has 0 rings (SSSR count). The van der Waals surface area contributed by atoms with Crippen molar-refractivity contribution in [1.29, 1.82) is 0 Å². The van der Waals surface area contributed by atoms with Gasteiger partial charge < -0.3 is 0 Å². The van der Waals surface area contributed by atoms with E-state index in [0.717, 1.165) is 5.92 Å². The second-order valence-corrected chi connectivity index (χ2v) is 5.65. The lowest BCUT2D eigenvalue weighted by Gasteiger charge is -2.22. The molecule has 1 heteroatoms. The van der Waals surface area contributed by atoms with E-state index in [9.17, 15) is 0 Å². The highest BCUT2D eigenvalue weighted by Gasteiger charge is 2.14. The van der Waals surface area contributed by atoms with Crippen molar-refractivity contribution < 1.29 is 0 Å². The molecule has 2 atom stereocenters. The first-order chi connectivity index (χ1) is 4.45. The standard InChI is InChI=1S/C9H21P/c1-5-6-8(2)7-9(3,4)10/h8H,5-7,10H2,1-4H3. The van der Waals surface area contributed by atoms with Crippen molar-refractivity contribution in [3.63, 3.8) is 0 Å². The van der Waals surface area contributed by atoms with Gasteiger partial charge in [0.15, 0.2) is 0 Å². The first-order valence-electron chi connectivity index (χ1n) is 4.24. The third kappa shape index (κ3) is 6.55. The van der Waals surface area contributed by atoms with Crippen LogP contribution < -0.4 is 0 Å². The molecule has 0 aromatic rings. The van der Waals surface area contributed by atoms with Gasteiger partial charge in [0.25, 0.3) is 0 Å². The van der Waals surface area contributed by atoms with E-state index in [2.05, 4.69) is 36.9 Å². The van der Waals surface area contributed by atoms with E-state index >= 15 is 0 Å². The largest absolute Gasteiger partial charge is 0.132 e. The lowest BCUT2D eigenvalue weighted by Crippen LogP contribution is -2.13. The molecule has 0 nitrogen and oxygen atoms in total. The molecule has 0 saturated heterocycles. The molecule has 0 aromatic heterocycles. The molecule has 0 amide bonds. The van der Waals surface area contributed by atoms with Crippen molar-refractivity contribution in [1.82, 2.24) is 0 Å². The predicted molar refractivity (Wildman–Crippen MR) is 52.5 cm³/mol. The first-order valence-corrected chi connectivity index (χ1v) is 4.82. The molecule has 0 aliphatic rings. The molecule has 2 unspecified atom stereocenters. The van der Waals surface area contributed by atoms with Crippen LogP contribution >= 0.6 is 9.24 Å². The molecule has 62 valence electrons. The van der Waals surface area contributed by atoms with Crippen LogP contribution in [0.4, 0.5) is 0 Å². The van der Waals surface area contributed by atoms with Gasteiger partial charge in [0, 0.05) is 0 Å². The third-order valence-electron chi connectivity index (χ3n) is 1.66. The van der Waals surface area contributed by atoms with Gasteiger partial charge in [-0.15, -0.1) is 9.24 Å². The summed E-state index contributed by atoms with van der Waals surface area (Å²) in [4.78, 5) is 0. The van der Waals surface area contributed by atoms with E-state index in [-0.39, 0.29) is 0 Å². The SMILES string of the molecule is CCCC(C)CC(C)(C)P. The highest BCUT2D eigenvalue weighted by atomic mass is 31.0. The highest BCUT2D eigenvalue weighted by molar-refractivity contribution is 7.18. The van der Waals surface area contributed by atoms with Crippen LogP contribution in [0.5, 0.6) is 0 Å². The zero-order valence-electron chi connectivity index (χ0n) is 7.78. The van der Waals surface area contributed by atoms with Gasteiger partial charge in [0.1, 0.15) is 0 Å². The molecule has 0 fully saturated rings. The van der Waals surface area contributed by atoms with Gasteiger partial charge in [-0.25, -0.2) is 0 Å². The smallest absolute Gasteiger partial charge is 0.0204 e. The molecule has 0 saturated carbocycles. The van der Waals surface area contributed by atoms with E-state index in [1.165, 1.54) is 19.3 Å². The zero-order valence-corrected chi connectivity index (χ0v) is 8.93.